The van der Waals surface area contributed by atoms with Gasteiger partial charge in [-0.15, -0.1) is 11.3 Å². The number of halogens is 1. The zero-order valence-corrected chi connectivity index (χ0v) is 29.9. The first-order valence-electron chi connectivity index (χ1n) is 16.1. The molecule has 0 unspecified atom stereocenters. The van der Waals surface area contributed by atoms with Crippen LogP contribution in [-0.2, 0) is 0 Å². The molecule has 3 heterocycles. The van der Waals surface area contributed by atoms with Crippen LogP contribution in [0.3, 0.4) is 0 Å². The van der Waals surface area contributed by atoms with Crippen molar-refractivity contribution in [3.05, 3.63) is 154 Å². The van der Waals surface area contributed by atoms with E-state index in [2.05, 4.69) is 127 Å². The average Bonchev–Trinajstić information content (AvgIpc) is 3.60. The molecule has 0 N–H and O–H groups in total. The highest BCUT2D eigenvalue weighted by Gasteiger charge is 1.99. The van der Waals surface area contributed by atoms with E-state index in [1.54, 1.807) is 18.3 Å². The summed E-state index contributed by atoms with van der Waals surface area (Å²) in [6.07, 6.45) is 5.53. The van der Waals surface area contributed by atoms with Gasteiger partial charge in [-0.25, -0.2) is 4.39 Å². The minimum Gasteiger partial charge on any atom is -0.264 e. The summed E-state index contributed by atoms with van der Waals surface area (Å²) in [6.45, 7) is 21.5. The highest BCUT2D eigenvalue weighted by atomic mass is 32.1. The number of pyridine rings is 2. The van der Waals surface area contributed by atoms with Crippen LogP contribution >= 0.6 is 11.3 Å². The second-order valence-corrected chi connectivity index (χ2v) is 13.3. The zero-order valence-electron chi connectivity index (χ0n) is 29.1. The van der Waals surface area contributed by atoms with Crippen LogP contribution in [0.25, 0.3) is 0 Å². The standard InChI is InChI=1S/C9H11F.C9H12.2C8H11N.C7H10S/c1-7(2)8-4-3-5-9(10)6-8;1-8(2)9-6-4-3-5-7-9;1-7(2)8-4-3-5-9-6-8;1-7(2)8-5-3-4-6-9-8;1-6(2)7-4-3-5-8-7/h3-7H,1-2H3;3-8H,1-2H3;2*3-7H,1-2H3;3-6H,1-2H3. The average molecular weight is 627 g/mol. The van der Waals surface area contributed by atoms with Crippen LogP contribution in [0.2, 0.25) is 0 Å². The van der Waals surface area contributed by atoms with E-state index in [-0.39, 0.29) is 5.82 Å². The van der Waals surface area contributed by atoms with Crippen LogP contribution in [0, 0.1) is 5.82 Å². The predicted octanol–water partition coefficient (Wildman–Crippen LogP) is 13.0. The summed E-state index contributed by atoms with van der Waals surface area (Å²) >= 11 is 1.83. The lowest BCUT2D eigenvalue weighted by Crippen LogP contribution is -1.88. The maximum atomic E-state index is 12.5. The van der Waals surface area contributed by atoms with Gasteiger partial charge in [0.05, 0.1) is 0 Å². The summed E-state index contributed by atoms with van der Waals surface area (Å²) in [4.78, 5) is 9.66. The second kappa shape index (κ2) is 22.8. The maximum absolute atomic E-state index is 12.5. The fourth-order valence-corrected chi connectivity index (χ4v) is 4.50. The highest BCUT2D eigenvalue weighted by molar-refractivity contribution is 7.10. The van der Waals surface area contributed by atoms with Crippen molar-refractivity contribution in [2.24, 2.45) is 0 Å². The Morgan fingerprint density at radius 3 is 1.44 bits per heavy atom. The Balaban J connectivity index is 0.000000282. The third-order valence-electron chi connectivity index (χ3n) is 6.72. The first kappa shape index (κ1) is 39.4. The molecule has 0 amide bonds. The lowest BCUT2D eigenvalue weighted by atomic mass is 10.0. The molecule has 45 heavy (non-hydrogen) atoms. The Morgan fingerprint density at radius 2 is 1.11 bits per heavy atom. The minimum absolute atomic E-state index is 0.147. The number of benzene rings is 2. The number of hydrogen-bond acceptors (Lipinski definition) is 3. The van der Waals surface area contributed by atoms with Gasteiger partial charge in [0.2, 0.25) is 0 Å². The summed E-state index contributed by atoms with van der Waals surface area (Å²) in [5, 5.41) is 2.12. The van der Waals surface area contributed by atoms with Gasteiger partial charge in [-0.3, -0.25) is 9.97 Å². The Hall–Kier alpha value is -3.63. The molecule has 3 aromatic heterocycles. The molecule has 0 atom stereocenters. The molecule has 0 aliphatic carbocycles. The van der Waals surface area contributed by atoms with Gasteiger partial charge in [0.1, 0.15) is 5.82 Å². The largest absolute Gasteiger partial charge is 0.264 e. The molecule has 0 aliphatic rings. The molecule has 2 nitrogen and oxygen atoms in total. The Bertz CT molecular complexity index is 1260. The number of nitrogens with zero attached hydrogens (tertiary/aromatic N) is 2. The molecule has 0 radical (unpaired) electrons. The summed E-state index contributed by atoms with van der Waals surface area (Å²) in [5.41, 5.74) is 4.94. The van der Waals surface area contributed by atoms with Gasteiger partial charge in [-0.2, -0.15) is 0 Å². The molecule has 0 saturated carbocycles. The normalized spacial score (nSPS) is 10.2. The van der Waals surface area contributed by atoms with E-state index in [4.69, 9.17) is 0 Å². The van der Waals surface area contributed by atoms with Gasteiger partial charge in [0, 0.05) is 29.2 Å². The van der Waals surface area contributed by atoms with Gasteiger partial charge in [0.15, 0.2) is 0 Å². The summed E-state index contributed by atoms with van der Waals surface area (Å²) in [7, 11) is 0. The topological polar surface area (TPSA) is 25.8 Å². The van der Waals surface area contributed by atoms with Crippen molar-refractivity contribution in [3.8, 4) is 0 Å². The maximum Gasteiger partial charge on any atom is 0.123 e. The number of rotatable bonds is 5. The van der Waals surface area contributed by atoms with Crippen molar-refractivity contribution in [2.75, 3.05) is 0 Å². The number of aromatic nitrogens is 2. The van der Waals surface area contributed by atoms with Crippen LogP contribution < -0.4 is 0 Å². The predicted molar refractivity (Wildman–Crippen MR) is 196 cm³/mol. The van der Waals surface area contributed by atoms with Crippen molar-refractivity contribution < 1.29 is 4.39 Å². The van der Waals surface area contributed by atoms with Crippen molar-refractivity contribution in [1.29, 1.82) is 0 Å². The monoisotopic (exact) mass is 626 g/mol. The van der Waals surface area contributed by atoms with E-state index in [1.165, 1.54) is 22.1 Å². The van der Waals surface area contributed by atoms with Crippen molar-refractivity contribution in [2.45, 2.75) is 98.8 Å². The fourth-order valence-electron chi connectivity index (χ4n) is 3.76. The first-order chi connectivity index (χ1) is 21.4. The summed E-state index contributed by atoms with van der Waals surface area (Å²) < 4.78 is 12.5. The van der Waals surface area contributed by atoms with Crippen molar-refractivity contribution >= 4 is 11.3 Å². The zero-order chi connectivity index (χ0) is 33.6. The van der Waals surface area contributed by atoms with E-state index < -0.39 is 0 Å². The molecule has 0 aliphatic heterocycles. The molecule has 0 saturated heterocycles. The molecule has 4 heteroatoms. The number of hydrogen-bond donors (Lipinski definition) is 0. The molecule has 5 rings (SSSR count). The highest BCUT2D eigenvalue weighted by Crippen LogP contribution is 2.19. The van der Waals surface area contributed by atoms with E-state index in [0.717, 1.165) is 11.3 Å². The van der Waals surface area contributed by atoms with Crippen LogP contribution in [0.5, 0.6) is 0 Å². The molecular formula is C41H55FN2S. The Kier molecular flexibility index (Phi) is 20.0. The molecule has 2 aromatic carbocycles. The molecule has 5 aromatic rings. The first-order valence-corrected chi connectivity index (χ1v) is 16.9. The lowest BCUT2D eigenvalue weighted by molar-refractivity contribution is 0.623. The van der Waals surface area contributed by atoms with Crippen molar-refractivity contribution in [1.82, 2.24) is 9.97 Å². The summed E-state index contributed by atoms with van der Waals surface area (Å²) in [6, 6.07) is 31.6. The lowest BCUT2D eigenvalue weighted by Gasteiger charge is -2.02. The Labute approximate surface area is 277 Å². The summed E-state index contributed by atoms with van der Waals surface area (Å²) in [5.74, 6) is 2.77. The van der Waals surface area contributed by atoms with Gasteiger partial charge in [0.25, 0.3) is 0 Å². The molecule has 0 fully saturated rings. The third-order valence-corrected chi connectivity index (χ3v) is 7.90. The minimum atomic E-state index is -0.147. The van der Waals surface area contributed by atoms with E-state index in [0.29, 0.717) is 29.6 Å². The van der Waals surface area contributed by atoms with Crippen LogP contribution in [0.1, 0.15) is 126 Å². The number of thiophene rings is 1. The van der Waals surface area contributed by atoms with Gasteiger partial charge in [-0.05, 0) is 88.1 Å². The molecule has 0 spiro atoms. The van der Waals surface area contributed by atoms with E-state index in [9.17, 15) is 4.39 Å². The fraction of sp³-hybridized carbons (Fsp3) is 0.366. The second-order valence-electron chi connectivity index (χ2n) is 12.3. The quantitative estimate of drug-likeness (QED) is 0.194. The van der Waals surface area contributed by atoms with Crippen LogP contribution in [0.15, 0.2) is 121 Å². The van der Waals surface area contributed by atoms with Gasteiger partial charge in [-0.1, -0.05) is 130 Å². The SMILES string of the molecule is CC(C)c1cccc(F)c1.CC(C)c1ccccc1.CC(C)c1ccccn1.CC(C)c1cccnc1.CC(C)c1cccs1. The van der Waals surface area contributed by atoms with Crippen LogP contribution in [-0.4, -0.2) is 9.97 Å². The van der Waals surface area contributed by atoms with Crippen molar-refractivity contribution in [3.63, 3.8) is 0 Å². The van der Waals surface area contributed by atoms with Gasteiger partial charge < -0.3 is 0 Å². The Morgan fingerprint density at radius 1 is 0.511 bits per heavy atom. The smallest absolute Gasteiger partial charge is 0.123 e. The van der Waals surface area contributed by atoms with E-state index >= 15 is 0 Å². The van der Waals surface area contributed by atoms with Gasteiger partial charge >= 0.3 is 0 Å². The van der Waals surface area contributed by atoms with Crippen LogP contribution in [0.4, 0.5) is 4.39 Å². The molecular weight excluding hydrogens is 572 g/mol. The third kappa shape index (κ3) is 18.1. The molecule has 0 bridgehead atoms. The molecule has 242 valence electrons. The van der Waals surface area contributed by atoms with E-state index in [1.807, 2.05) is 60.1 Å².